The molecule has 2 rings (SSSR count). The number of aryl methyl sites for hydroxylation is 1. The molecule has 0 aliphatic rings. The van der Waals surface area contributed by atoms with Crippen LogP contribution in [0.2, 0.25) is 0 Å². The first-order valence-electron chi connectivity index (χ1n) is 7.73. The fraction of sp³-hybridized carbons (Fsp3) is 0.278. The molecule has 4 N–H and O–H groups in total. The monoisotopic (exact) mass is 441 g/mol. The minimum Gasteiger partial charge on any atom is -0.504 e. The smallest absolute Gasteiger partial charge is 0.193 e. The zero-order valence-electron chi connectivity index (χ0n) is 14.0. The molecule has 0 heterocycles. The van der Waals surface area contributed by atoms with Crippen molar-refractivity contribution in [2.45, 2.75) is 26.8 Å². The van der Waals surface area contributed by atoms with Crippen LogP contribution in [0.15, 0.2) is 47.5 Å². The third-order valence-electron chi connectivity index (χ3n) is 3.36. The third kappa shape index (κ3) is 5.92. The molecular formula is C18H24IN3O2. The van der Waals surface area contributed by atoms with Gasteiger partial charge in [-0.3, -0.25) is 0 Å². The first-order chi connectivity index (χ1) is 11.1. The Bertz CT molecular complexity index is 690. The zero-order valence-corrected chi connectivity index (χ0v) is 16.3. The van der Waals surface area contributed by atoms with Gasteiger partial charge in [0.2, 0.25) is 0 Å². The number of halogens is 1. The number of aliphatic imine (C=N–C) groups is 1. The van der Waals surface area contributed by atoms with Crippen molar-refractivity contribution in [2.24, 2.45) is 10.7 Å². The average Bonchev–Trinajstić information content (AvgIpc) is 2.56. The molecule has 2 aromatic carbocycles. The van der Waals surface area contributed by atoms with Gasteiger partial charge < -0.3 is 20.9 Å². The SMILES string of the molecule is CCOc1cc(CN=C(N)Nc2cccc(CC)c2)ccc1O.I. The lowest BCUT2D eigenvalue weighted by molar-refractivity contribution is 0.318. The number of benzene rings is 2. The molecule has 0 aromatic heterocycles. The summed E-state index contributed by atoms with van der Waals surface area (Å²) in [4.78, 5) is 4.32. The minimum atomic E-state index is 0. The maximum atomic E-state index is 9.69. The zero-order chi connectivity index (χ0) is 16.7. The van der Waals surface area contributed by atoms with E-state index in [0.29, 0.717) is 24.9 Å². The lowest BCUT2D eigenvalue weighted by Gasteiger charge is -2.09. The molecule has 5 nitrogen and oxygen atoms in total. The van der Waals surface area contributed by atoms with Gasteiger partial charge in [-0.1, -0.05) is 25.1 Å². The Kier molecular flexibility index (Phi) is 8.39. The van der Waals surface area contributed by atoms with Crippen molar-refractivity contribution in [3.63, 3.8) is 0 Å². The largest absolute Gasteiger partial charge is 0.504 e. The molecular weight excluding hydrogens is 417 g/mol. The van der Waals surface area contributed by atoms with Crippen LogP contribution < -0.4 is 15.8 Å². The molecule has 24 heavy (non-hydrogen) atoms. The molecule has 0 amide bonds. The van der Waals surface area contributed by atoms with Crippen molar-refractivity contribution in [1.82, 2.24) is 0 Å². The Morgan fingerprint density at radius 3 is 2.67 bits per heavy atom. The van der Waals surface area contributed by atoms with Crippen molar-refractivity contribution >= 4 is 35.6 Å². The minimum absolute atomic E-state index is 0. The molecule has 0 fully saturated rings. The van der Waals surface area contributed by atoms with Gasteiger partial charge in [0.05, 0.1) is 13.2 Å². The molecule has 2 aromatic rings. The summed E-state index contributed by atoms with van der Waals surface area (Å²) in [5, 5.41) is 12.8. The first-order valence-corrected chi connectivity index (χ1v) is 7.73. The summed E-state index contributed by atoms with van der Waals surface area (Å²) >= 11 is 0. The number of anilines is 1. The number of nitrogens with zero attached hydrogens (tertiary/aromatic N) is 1. The number of rotatable bonds is 6. The van der Waals surface area contributed by atoms with E-state index in [4.69, 9.17) is 10.5 Å². The fourth-order valence-electron chi connectivity index (χ4n) is 2.16. The molecule has 0 aliphatic carbocycles. The van der Waals surface area contributed by atoms with Crippen LogP contribution in [0.1, 0.15) is 25.0 Å². The summed E-state index contributed by atoms with van der Waals surface area (Å²) in [6, 6.07) is 13.2. The van der Waals surface area contributed by atoms with Gasteiger partial charge >= 0.3 is 0 Å². The number of nitrogens with one attached hydrogen (secondary N) is 1. The van der Waals surface area contributed by atoms with Crippen molar-refractivity contribution in [1.29, 1.82) is 0 Å². The van der Waals surface area contributed by atoms with E-state index < -0.39 is 0 Å². The van der Waals surface area contributed by atoms with Crippen LogP contribution >= 0.6 is 24.0 Å². The molecule has 0 radical (unpaired) electrons. The Morgan fingerprint density at radius 2 is 1.96 bits per heavy atom. The number of hydrogen-bond acceptors (Lipinski definition) is 3. The second kappa shape index (κ2) is 10.0. The third-order valence-corrected chi connectivity index (χ3v) is 3.36. The summed E-state index contributed by atoms with van der Waals surface area (Å²) in [5.74, 6) is 0.939. The lowest BCUT2D eigenvalue weighted by atomic mass is 10.1. The number of nitrogens with two attached hydrogens (primary N) is 1. The van der Waals surface area contributed by atoms with Gasteiger partial charge in [-0.2, -0.15) is 0 Å². The number of ether oxygens (including phenoxy) is 1. The molecule has 0 aliphatic heterocycles. The Hall–Kier alpha value is -1.96. The normalized spacial score (nSPS) is 10.8. The van der Waals surface area contributed by atoms with Gasteiger partial charge in [-0.15, -0.1) is 24.0 Å². The van der Waals surface area contributed by atoms with Gasteiger partial charge in [0, 0.05) is 5.69 Å². The van der Waals surface area contributed by atoms with Crippen molar-refractivity contribution in [2.75, 3.05) is 11.9 Å². The average molecular weight is 441 g/mol. The second-order valence-corrected chi connectivity index (χ2v) is 5.12. The summed E-state index contributed by atoms with van der Waals surface area (Å²) in [6.07, 6.45) is 0.973. The van der Waals surface area contributed by atoms with Crippen LogP contribution in [0.4, 0.5) is 5.69 Å². The summed E-state index contributed by atoms with van der Waals surface area (Å²) in [7, 11) is 0. The van der Waals surface area contributed by atoms with E-state index >= 15 is 0 Å². The van der Waals surface area contributed by atoms with E-state index in [9.17, 15) is 5.11 Å². The van der Waals surface area contributed by atoms with E-state index in [1.165, 1.54) is 5.56 Å². The van der Waals surface area contributed by atoms with E-state index in [-0.39, 0.29) is 29.7 Å². The Balaban J connectivity index is 0.00000288. The van der Waals surface area contributed by atoms with E-state index in [0.717, 1.165) is 17.7 Å². The van der Waals surface area contributed by atoms with Gasteiger partial charge in [0.15, 0.2) is 17.5 Å². The van der Waals surface area contributed by atoms with Gasteiger partial charge in [0.1, 0.15) is 0 Å². The van der Waals surface area contributed by atoms with Gasteiger partial charge in [-0.25, -0.2) is 4.99 Å². The lowest BCUT2D eigenvalue weighted by Crippen LogP contribution is -2.22. The number of phenols is 1. The van der Waals surface area contributed by atoms with Crippen molar-refractivity contribution in [3.05, 3.63) is 53.6 Å². The van der Waals surface area contributed by atoms with Gasteiger partial charge in [-0.05, 0) is 48.7 Å². The highest BCUT2D eigenvalue weighted by atomic mass is 127. The molecule has 6 heteroatoms. The predicted molar refractivity (Wildman–Crippen MR) is 109 cm³/mol. The van der Waals surface area contributed by atoms with Crippen LogP contribution in [0.25, 0.3) is 0 Å². The topological polar surface area (TPSA) is 79.9 Å². The van der Waals surface area contributed by atoms with E-state index in [1.54, 1.807) is 18.2 Å². The fourth-order valence-corrected chi connectivity index (χ4v) is 2.16. The molecule has 0 atom stereocenters. The number of hydrogen-bond donors (Lipinski definition) is 3. The summed E-state index contributed by atoms with van der Waals surface area (Å²) in [5.41, 5.74) is 9.01. The summed E-state index contributed by atoms with van der Waals surface area (Å²) < 4.78 is 5.36. The predicted octanol–water partition coefficient (Wildman–Crippen LogP) is 3.90. The molecule has 0 unspecified atom stereocenters. The van der Waals surface area contributed by atoms with Crippen LogP contribution in [0.5, 0.6) is 11.5 Å². The molecule has 130 valence electrons. The molecule has 0 spiro atoms. The van der Waals surface area contributed by atoms with Gasteiger partial charge in [0.25, 0.3) is 0 Å². The highest BCUT2D eigenvalue weighted by Crippen LogP contribution is 2.27. The van der Waals surface area contributed by atoms with Crippen molar-refractivity contribution < 1.29 is 9.84 Å². The highest BCUT2D eigenvalue weighted by Gasteiger charge is 2.03. The van der Waals surface area contributed by atoms with E-state index in [1.807, 2.05) is 19.1 Å². The molecule has 0 bridgehead atoms. The van der Waals surface area contributed by atoms with Crippen LogP contribution in [-0.4, -0.2) is 17.7 Å². The summed E-state index contributed by atoms with van der Waals surface area (Å²) in [6.45, 7) is 4.89. The maximum Gasteiger partial charge on any atom is 0.193 e. The van der Waals surface area contributed by atoms with E-state index in [2.05, 4.69) is 29.4 Å². The molecule has 0 saturated carbocycles. The maximum absolute atomic E-state index is 9.69. The highest BCUT2D eigenvalue weighted by molar-refractivity contribution is 14.0. The van der Waals surface area contributed by atoms with Crippen LogP contribution in [0, 0.1) is 0 Å². The number of guanidine groups is 1. The Labute approximate surface area is 160 Å². The Morgan fingerprint density at radius 1 is 1.17 bits per heavy atom. The quantitative estimate of drug-likeness (QED) is 0.361. The molecule has 0 saturated heterocycles. The van der Waals surface area contributed by atoms with Crippen molar-refractivity contribution in [3.8, 4) is 11.5 Å². The standard InChI is InChI=1S/C18H23N3O2.HI/c1-3-13-6-5-7-15(10-13)21-18(19)20-12-14-8-9-16(22)17(11-14)23-4-2;/h5-11,22H,3-4,12H2,1-2H3,(H3,19,20,21);1H. The van der Waals surface area contributed by atoms with Crippen LogP contribution in [0.3, 0.4) is 0 Å². The first kappa shape index (κ1) is 20.1. The number of aromatic hydroxyl groups is 1. The number of phenolic OH excluding ortho intramolecular Hbond substituents is 1. The van der Waals surface area contributed by atoms with Crippen LogP contribution in [-0.2, 0) is 13.0 Å². The second-order valence-electron chi connectivity index (χ2n) is 5.12.